The van der Waals surface area contributed by atoms with Gasteiger partial charge >= 0.3 is 0 Å². The maximum absolute atomic E-state index is 3.71. The predicted octanol–water partition coefficient (Wildman–Crippen LogP) is 1.13. The summed E-state index contributed by atoms with van der Waals surface area (Å²) in [5.41, 5.74) is 7.21. The monoisotopic (exact) mass is 163 g/mol. The number of quaternary nitrogens is 1. The van der Waals surface area contributed by atoms with E-state index in [-0.39, 0.29) is 0 Å². The quantitative estimate of drug-likeness (QED) is 0.599. The molecule has 0 saturated carbocycles. The molecular formula is C10H15N2+. The van der Waals surface area contributed by atoms with E-state index < -0.39 is 0 Å². The van der Waals surface area contributed by atoms with Crippen LogP contribution in [0, 0.1) is 0 Å². The van der Waals surface area contributed by atoms with Crippen LogP contribution in [0.3, 0.4) is 0 Å². The normalized spacial score (nSPS) is 15.4. The lowest BCUT2D eigenvalue weighted by atomic mass is 9.91. The van der Waals surface area contributed by atoms with Crippen molar-refractivity contribution >= 4 is 5.69 Å². The predicted molar refractivity (Wildman–Crippen MR) is 49.6 cm³/mol. The number of hydrogen-bond donors (Lipinski definition) is 2. The Labute approximate surface area is 72.7 Å². The molecular weight excluding hydrogens is 148 g/mol. The highest BCUT2D eigenvalue weighted by Gasteiger charge is 2.12. The average molecular weight is 163 g/mol. The van der Waals surface area contributed by atoms with E-state index in [2.05, 4.69) is 29.5 Å². The van der Waals surface area contributed by atoms with Gasteiger partial charge in [0.1, 0.15) is 0 Å². The van der Waals surface area contributed by atoms with E-state index in [1.807, 2.05) is 0 Å². The molecule has 0 aromatic heterocycles. The number of hydrogen-bond acceptors (Lipinski definition) is 1. The van der Waals surface area contributed by atoms with E-state index in [4.69, 9.17) is 0 Å². The van der Waals surface area contributed by atoms with Gasteiger partial charge in [0.05, 0.1) is 5.69 Å². The molecule has 0 bridgehead atoms. The summed E-state index contributed by atoms with van der Waals surface area (Å²) in [6.45, 7) is 0. The highest BCUT2D eigenvalue weighted by molar-refractivity contribution is 5.53. The average Bonchev–Trinajstić information content (AvgIpc) is 2.17. The van der Waals surface area contributed by atoms with Gasteiger partial charge in [-0.05, 0) is 42.9 Å². The van der Waals surface area contributed by atoms with Gasteiger partial charge in [0.25, 0.3) is 0 Å². The minimum atomic E-state index is 1.22. The highest BCUT2D eigenvalue weighted by atomic mass is 15.2. The van der Waals surface area contributed by atoms with Crippen LogP contribution in [0.4, 0.5) is 5.69 Å². The lowest BCUT2D eigenvalue weighted by Gasteiger charge is -2.17. The van der Waals surface area contributed by atoms with Gasteiger partial charge in [0.15, 0.2) is 0 Å². The van der Waals surface area contributed by atoms with Crippen molar-refractivity contribution in [1.82, 2.24) is 0 Å². The van der Waals surface area contributed by atoms with Crippen LogP contribution in [0.25, 0.3) is 0 Å². The van der Waals surface area contributed by atoms with Crippen LogP contribution in [0.15, 0.2) is 18.2 Å². The van der Waals surface area contributed by atoms with Gasteiger partial charge in [0, 0.05) is 0 Å². The SMILES string of the molecule is [NH3+]Nc1cccc2c1CCCC2. The first-order chi connectivity index (χ1) is 5.92. The van der Waals surface area contributed by atoms with Crippen LogP contribution in [-0.2, 0) is 12.8 Å². The second-order valence-electron chi connectivity index (χ2n) is 3.33. The summed E-state index contributed by atoms with van der Waals surface area (Å²) in [7, 11) is 0. The lowest BCUT2D eigenvalue weighted by molar-refractivity contribution is -0.325. The van der Waals surface area contributed by atoms with E-state index >= 15 is 0 Å². The molecule has 2 nitrogen and oxygen atoms in total. The first-order valence-corrected chi connectivity index (χ1v) is 4.55. The molecule has 0 radical (unpaired) electrons. The minimum absolute atomic E-state index is 1.22. The van der Waals surface area contributed by atoms with E-state index in [0.29, 0.717) is 0 Å². The van der Waals surface area contributed by atoms with Crippen molar-refractivity contribution < 1.29 is 5.84 Å². The Kier molecular flexibility index (Phi) is 2.00. The van der Waals surface area contributed by atoms with Crippen molar-refractivity contribution in [3.63, 3.8) is 0 Å². The second kappa shape index (κ2) is 3.15. The zero-order chi connectivity index (χ0) is 8.39. The van der Waals surface area contributed by atoms with Crippen LogP contribution in [0.5, 0.6) is 0 Å². The number of rotatable bonds is 1. The molecule has 1 aliphatic rings. The molecule has 1 aromatic carbocycles. The molecule has 12 heavy (non-hydrogen) atoms. The molecule has 4 N–H and O–H groups in total. The number of aryl methyl sites for hydroxylation is 1. The molecule has 0 unspecified atom stereocenters. The molecule has 2 rings (SSSR count). The Morgan fingerprint density at radius 1 is 1.17 bits per heavy atom. The fourth-order valence-electron chi connectivity index (χ4n) is 1.95. The van der Waals surface area contributed by atoms with Gasteiger partial charge in [-0.15, -0.1) is 0 Å². The zero-order valence-electron chi connectivity index (χ0n) is 7.27. The van der Waals surface area contributed by atoms with Gasteiger partial charge < -0.3 is 0 Å². The van der Waals surface area contributed by atoms with E-state index in [1.54, 1.807) is 0 Å². The van der Waals surface area contributed by atoms with E-state index in [9.17, 15) is 0 Å². The molecule has 0 spiro atoms. The van der Waals surface area contributed by atoms with Gasteiger partial charge in [-0.1, -0.05) is 12.1 Å². The first kappa shape index (κ1) is 7.62. The molecule has 0 atom stereocenters. The standard InChI is InChI=1S/C10H14N2/c11-12-10-7-3-5-8-4-1-2-6-9(8)10/h3,5,7,12H,1-2,4,6,11H2/p+1. The van der Waals surface area contributed by atoms with Crippen molar-refractivity contribution in [2.24, 2.45) is 0 Å². The Morgan fingerprint density at radius 3 is 2.83 bits per heavy atom. The van der Waals surface area contributed by atoms with Crippen LogP contribution in [0.2, 0.25) is 0 Å². The first-order valence-electron chi connectivity index (χ1n) is 4.55. The molecule has 0 heterocycles. The van der Waals surface area contributed by atoms with Crippen molar-refractivity contribution in [2.45, 2.75) is 25.7 Å². The summed E-state index contributed by atoms with van der Waals surface area (Å²) in [4.78, 5) is 0. The number of nitrogens with one attached hydrogen (secondary N) is 1. The summed E-state index contributed by atoms with van der Waals surface area (Å²) in [6, 6.07) is 6.45. The van der Waals surface area contributed by atoms with Crippen molar-refractivity contribution in [3.05, 3.63) is 29.3 Å². The van der Waals surface area contributed by atoms with Crippen LogP contribution in [-0.4, -0.2) is 0 Å². The van der Waals surface area contributed by atoms with Crippen LogP contribution < -0.4 is 11.3 Å². The lowest BCUT2D eigenvalue weighted by Crippen LogP contribution is -2.56. The fraction of sp³-hybridized carbons (Fsp3) is 0.400. The van der Waals surface area contributed by atoms with Gasteiger partial charge in [0.2, 0.25) is 0 Å². The second-order valence-corrected chi connectivity index (χ2v) is 3.33. The molecule has 0 amide bonds. The Balaban J connectivity index is 2.44. The van der Waals surface area contributed by atoms with Gasteiger partial charge in [-0.2, -0.15) is 0 Å². The maximum Gasteiger partial charge on any atom is 0.0882 e. The van der Waals surface area contributed by atoms with Gasteiger partial charge in [-0.25, -0.2) is 5.43 Å². The molecule has 64 valence electrons. The molecule has 0 fully saturated rings. The molecule has 2 heteroatoms. The summed E-state index contributed by atoms with van der Waals surface area (Å²) < 4.78 is 0. The topological polar surface area (TPSA) is 39.7 Å². The third kappa shape index (κ3) is 1.18. The fourth-order valence-corrected chi connectivity index (χ4v) is 1.95. The third-order valence-corrected chi connectivity index (χ3v) is 2.59. The Bertz CT molecular complexity index is 267. The minimum Gasteiger partial charge on any atom is -0.258 e. The maximum atomic E-state index is 3.71. The highest BCUT2D eigenvalue weighted by Crippen LogP contribution is 2.26. The summed E-state index contributed by atoms with van der Waals surface area (Å²) in [6.07, 6.45) is 5.12. The summed E-state index contributed by atoms with van der Waals surface area (Å²) in [5.74, 6) is 3.71. The number of benzene rings is 1. The van der Waals surface area contributed by atoms with Crippen molar-refractivity contribution in [3.8, 4) is 0 Å². The van der Waals surface area contributed by atoms with Crippen molar-refractivity contribution in [2.75, 3.05) is 5.43 Å². The summed E-state index contributed by atoms with van der Waals surface area (Å²) in [5, 5.41) is 0. The molecule has 0 saturated heterocycles. The Hall–Kier alpha value is -1.02. The van der Waals surface area contributed by atoms with Crippen LogP contribution >= 0.6 is 0 Å². The third-order valence-electron chi connectivity index (χ3n) is 2.59. The van der Waals surface area contributed by atoms with Gasteiger partial charge in [-0.3, -0.25) is 5.84 Å². The summed E-state index contributed by atoms with van der Waals surface area (Å²) >= 11 is 0. The molecule has 1 aromatic rings. The molecule has 0 aliphatic heterocycles. The molecule has 1 aliphatic carbocycles. The smallest absolute Gasteiger partial charge is 0.0882 e. The van der Waals surface area contributed by atoms with Crippen molar-refractivity contribution in [1.29, 1.82) is 0 Å². The van der Waals surface area contributed by atoms with Crippen LogP contribution in [0.1, 0.15) is 24.0 Å². The number of fused-ring (bicyclic) bond motifs is 1. The van der Waals surface area contributed by atoms with E-state index in [0.717, 1.165) is 0 Å². The Morgan fingerprint density at radius 2 is 2.00 bits per heavy atom. The largest absolute Gasteiger partial charge is 0.258 e. The van der Waals surface area contributed by atoms with E-state index in [1.165, 1.54) is 42.5 Å². The number of anilines is 1. The zero-order valence-corrected chi connectivity index (χ0v) is 7.27.